The van der Waals surface area contributed by atoms with Gasteiger partial charge in [-0.15, -0.1) is 0 Å². The molecule has 1 aromatic carbocycles. The van der Waals surface area contributed by atoms with Crippen LogP contribution in [-0.4, -0.2) is 30.3 Å². The Hall–Kier alpha value is -1.79. The first kappa shape index (κ1) is 22.3. The quantitative estimate of drug-likeness (QED) is 0.380. The SMILES string of the molecule is CCC[C@H](C(=O)OCC)/C(C)=N/NC(=O)[C@H](C)Oc1ccc(Cl)cc1Cl. The molecule has 0 heterocycles. The fourth-order valence-electron chi connectivity index (χ4n) is 2.16. The van der Waals surface area contributed by atoms with Gasteiger partial charge in [0.1, 0.15) is 5.75 Å². The molecule has 0 aromatic heterocycles. The van der Waals surface area contributed by atoms with E-state index in [1.165, 1.54) is 6.07 Å². The molecule has 0 fully saturated rings. The fourth-order valence-corrected chi connectivity index (χ4v) is 2.61. The number of hydrazone groups is 1. The van der Waals surface area contributed by atoms with Crippen LogP contribution < -0.4 is 10.2 Å². The molecule has 2 atom stereocenters. The first-order valence-electron chi connectivity index (χ1n) is 8.42. The van der Waals surface area contributed by atoms with Crippen LogP contribution in [0.5, 0.6) is 5.75 Å². The number of ether oxygens (including phenoxy) is 2. The lowest BCUT2D eigenvalue weighted by molar-refractivity contribution is -0.145. The average molecular weight is 403 g/mol. The van der Waals surface area contributed by atoms with Crippen molar-refractivity contribution in [2.24, 2.45) is 11.0 Å². The largest absolute Gasteiger partial charge is 0.479 e. The molecule has 0 saturated heterocycles. The van der Waals surface area contributed by atoms with Crippen molar-refractivity contribution in [2.45, 2.75) is 46.6 Å². The highest BCUT2D eigenvalue weighted by Crippen LogP contribution is 2.28. The molecule has 1 aromatic rings. The van der Waals surface area contributed by atoms with Crippen LogP contribution in [0.25, 0.3) is 0 Å². The zero-order chi connectivity index (χ0) is 19.7. The maximum atomic E-state index is 12.2. The number of rotatable bonds is 9. The lowest BCUT2D eigenvalue weighted by Crippen LogP contribution is -2.35. The third-order valence-corrected chi connectivity index (χ3v) is 4.09. The maximum Gasteiger partial charge on any atom is 0.314 e. The molecule has 8 heteroatoms. The number of hydrogen-bond donors (Lipinski definition) is 1. The van der Waals surface area contributed by atoms with Crippen LogP contribution in [0.3, 0.4) is 0 Å². The molecule has 26 heavy (non-hydrogen) atoms. The van der Waals surface area contributed by atoms with E-state index >= 15 is 0 Å². The Morgan fingerprint density at radius 2 is 1.96 bits per heavy atom. The molecule has 6 nitrogen and oxygen atoms in total. The van der Waals surface area contributed by atoms with Gasteiger partial charge in [0.05, 0.1) is 17.5 Å². The second kappa shape index (κ2) is 11.0. The zero-order valence-electron chi connectivity index (χ0n) is 15.3. The first-order valence-corrected chi connectivity index (χ1v) is 9.18. The molecule has 144 valence electrons. The minimum absolute atomic E-state index is 0.297. The average Bonchev–Trinajstić information content (AvgIpc) is 2.59. The Morgan fingerprint density at radius 3 is 2.54 bits per heavy atom. The predicted octanol–water partition coefficient (Wildman–Crippen LogP) is 4.23. The van der Waals surface area contributed by atoms with Crippen LogP contribution in [0, 0.1) is 5.92 Å². The molecule has 0 unspecified atom stereocenters. The van der Waals surface area contributed by atoms with E-state index in [-0.39, 0.29) is 5.97 Å². The van der Waals surface area contributed by atoms with Gasteiger partial charge in [0.25, 0.3) is 5.91 Å². The lowest BCUT2D eigenvalue weighted by Gasteiger charge is -2.16. The van der Waals surface area contributed by atoms with Crippen LogP contribution in [-0.2, 0) is 14.3 Å². The van der Waals surface area contributed by atoms with E-state index in [1.54, 1.807) is 32.9 Å². The summed E-state index contributed by atoms with van der Waals surface area (Å²) < 4.78 is 10.6. The number of amides is 1. The Morgan fingerprint density at radius 1 is 1.27 bits per heavy atom. The highest BCUT2D eigenvalue weighted by atomic mass is 35.5. The van der Waals surface area contributed by atoms with Gasteiger partial charge in [0.2, 0.25) is 0 Å². The van der Waals surface area contributed by atoms with Crippen molar-refractivity contribution in [3.63, 3.8) is 0 Å². The van der Waals surface area contributed by atoms with E-state index in [4.69, 9.17) is 32.7 Å². The lowest BCUT2D eigenvalue weighted by atomic mass is 9.99. The maximum absolute atomic E-state index is 12.2. The van der Waals surface area contributed by atoms with E-state index in [0.29, 0.717) is 34.5 Å². The van der Waals surface area contributed by atoms with Crippen LogP contribution in [0.15, 0.2) is 23.3 Å². The van der Waals surface area contributed by atoms with E-state index in [1.807, 2.05) is 6.92 Å². The van der Waals surface area contributed by atoms with Crippen LogP contribution in [0.4, 0.5) is 0 Å². The fraction of sp³-hybridized carbons (Fsp3) is 0.500. The molecule has 0 aliphatic heterocycles. The Bertz CT molecular complexity index is 665. The van der Waals surface area contributed by atoms with Gasteiger partial charge >= 0.3 is 5.97 Å². The molecule has 0 bridgehead atoms. The molecule has 1 amide bonds. The van der Waals surface area contributed by atoms with Gasteiger partial charge in [-0.25, -0.2) is 5.43 Å². The summed E-state index contributed by atoms with van der Waals surface area (Å²) in [5.41, 5.74) is 2.90. The number of halogens is 2. The molecule has 0 aliphatic carbocycles. The molecule has 0 saturated carbocycles. The van der Waals surface area contributed by atoms with Gasteiger partial charge in [-0.1, -0.05) is 36.5 Å². The normalized spacial score (nSPS) is 13.7. The summed E-state index contributed by atoms with van der Waals surface area (Å²) in [6.07, 6.45) is 0.549. The number of nitrogens with one attached hydrogen (secondary N) is 1. The number of nitrogens with zero attached hydrogens (tertiary/aromatic N) is 1. The Labute approximate surface area is 163 Å². The second-order valence-electron chi connectivity index (χ2n) is 5.66. The standard InChI is InChI=1S/C18H24Cl2N2O4/c1-5-7-14(18(24)25-6-2)11(3)21-22-17(23)12(4)26-16-9-8-13(19)10-15(16)20/h8-10,12,14H,5-7H2,1-4H3,(H,22,23)/b21-11+/t12-,14-/m0/s1. The summed E-state index contributed by atoms with van der Waals surface area (Å²) >= 11 is 11.9. The summed E-state index contributed by atoms with van der Waals surface area (Å²) in [6.45, 7) is 7.25. The van der Waals surface area contributed by atoms with Crippen molar-refractivity contribution in [2.75, 3.05) is 6.61 Å². The van der Waals surface area contributed by atoms with Crippen LogP contribution in [0.1, 0.15) is 40.5 Å². The summed E-state index contributed by atoms with van der Waals surface area (Å²) in [4.78, 5) is 24.2. The van der Waals surface area contributed by atoms with Crippen molar-refractivity contribution in [1.82, 2.24) is 5.43 Å². The molecule has 0 spiro atoms. The Balaban J connectivity index is 2.71. The van der Waals surface area contributed by atoms with Gasteiger partial charge < -0.3 is 9.47 Å². The van der Waals surface area contributed by atoms with Gasteiger partial charge in [-0.2, -0.15) is 5.10 Å². The topological polar surface area (TPSA) is 77.0 Å². The third kappa shape index (κ3) is 6.84. The molecular formula is C18H24Cl2N2O4. The van der Waals surface area contributed by atoms with E-state index in [9.17, 15) is 9.59 Å². The summed E-state index contributed by atoms with van der Waals surface area (Å²) in [5, 5.41) is 4.81. The van der Waals surface area contributed by atoms with Crippen molar-refractivity contribution < 1.29 is 19.1 Å². The van der Waals surface area contributed by atoms with Crippen molar-refractivity contribution >= 4 is 40.8 Å². The monoisotopic (exact) mass is 402 g/mol. The number of carbonyl (C=O) groups is 2. The second-order valence-corrected chi connectivity index (χ2v) is 6.50. The van der Waals surface area contributed by atoms with E-state index < -0.39 is 17.9 Å². The number of carbonyl (C=O) groups excluding carboxylic acids is 2. The first-order chi connectivity index (χ1) is 12.3. The van der Waals surface area contributed by atoms with E-state index in [0.717, 1.165) is 6.42 Å². The van der Waals surface area contributed by atoms with Crippen LogP contribution >= 0.6 is 23.2 Å². The van der Waals surface area contributed by atoms with Gasteiger partial charge in [0, 0.05) is 10.7 Å². The summed E-state index contributed by atoms with van der Waals surface area (Å²) in [7, 11) is 0. The number of esters is 1. The third-order valence-electron chi connectivity index (χ3n) is 3.56. The summed E-state index contributed by atoms with van der Waals surface area (Å²) in [6, 6.07) is 4.73. The minimum Gasteiger partial charge on any atom is -0.479 e. The minimum atomic E-state index is -0.836. The Kier molecular flexibility index (Phi) is 9.44. The number of hydrogen-bond acceptors (Lipinski definition) is 5. The van der Waals surface area contributed by atoms with Gasteiger partial charge in [0.15, 0.2) is 6.10 Å². The molecule has 0 radical (unpaired) electrons. The van der Waals surface area contributed by atoms with Crippen molar-refractivity contribution in [3.8, 4) is 5.75 Å². The van der Waals surface area contributed by atoms with Gasteiger partial charge in [-0.3, -0.25) is 9.59 Å². The van der Waals surface area contributed by atoms with E-state index in [2.05, 4.69) is 10.5 Å². The molecule has 0 aliphatic rings. The zero-order valence-corrected chi connectivity index (χ0v) is 16.9. The molecule has 1 rings (SSSR count). The molecule has 1 N–H and O–H groups in total. The van der Waals surface area contributed by atoms with Crippen LogP contribution in [0.2, 0.25) is 10.0 Å². The summed E-state index contributed by atoms with van der Waals surface area (Å²) in [5.74, 6) is -0.950. The molecular weight excluding hydrogens is 379 g/mol. The smallest absolute Gasteiger partial charge is 0.314 e. The van der Waals surface area contributed by atoms with Gasteiger partial charge in [-0.05, 0) is 45.4 Å². The van der Waals surface area contributed by atoms with Crippen molar-refractivity contribution in [3.05, 3.63) is 28.2 Å². The van der Waals surface area contributed by atoms with Crippen molar-refractivity contribution in [1.29, 1.82) is 0 Å². The number of benzene rings is 1. The predicted molar refractivity (Wildman–Crippen MR) is 103 cm³/mol. The highest BCUT2D eigenvalue weighted by molar-refractivity contribution is 6.35. The highest BCUT2D eigenvalue weighted by Gasteiger charge is 2.23.